The van der Waals surface area contributed by atoms with Gasteiger partial charge in [-0.05, 0) is 62.4 Å². The zero-order valence-corrected chi connectivity index (χ0v) is 26.1. The Morgan fingerprint density at radius 1 is 0.818 bits per heavy atom. The van der Waals surface area contributed by atoms with E-state index in [0.29, 0.717) is 16.9 Å². The number of para-hydroxylation sites is 4. The molecule has 1 aliphatic heterocycles. The molecule has 6 aromatic rings. The molecule has 8 heteroatoms. The van der Waals surface area contributed by atoms with E-state index in [2.05, 4.69) is 59.7 Å². The Labute approximate surface area is 264 Å². The number of aromatic nitrogens is 3. The van der Waals surface area contributed by atoms with Crippen molar-refractivity contribution in [2.24, 2.45) is 0 Å². The van der Waals surface area contributed by atoms with Crippen LogP contribution in [0, 0.1) is 0 Å². The number of thiazole rings is 1. The molecule has 1 aliphatic rings. The van der Waals surface area contributed by atoms with E-state index in [1.54, 1.807) is 32.5 Å². The zero-order valence-electron chi connectivity index (χ0n) is 24.4. The predicted molar refractivity (Wildman–Crippen MR) is 182 cm³/mol. The van der Waals surface area contributed by atoms with Gasteiger partial charge in [0.2, 0.25) is 11.4 Å². The van der Waals surface area contributed by atoms with Gasteiger partial charge in [0.1, 0.15) is 16.8 Å². The van der Waals surface area contributed by atoms with Crippen molar-refractivity contribution in [2.45, 2.75) is 25.3 Å². The van der Waals surface area contributed by atoms with Gasteiger partial charge in [0.05, 0.1) is 22.1 Å². The van der Waals surface area contributed by atoms with E-state index < -0.39 is 0 Å². The molecule has 0 unspecified atom stereocenters. The third kappa shape index (κ3) is 4.76. The maximum absolute atomic E-state index is 14.6. The summed E-state index contributed by atoms with van der Waals surface area (Å²) in [6.07, 6.45) is 4.11. The number of hydrogen-bond acceptors (Lipinski definition) is 5. The van der Waals surface area contributed by atoms with Crippen LogP contribution in [0.1, 0.15) is 24.4 Å². The van der Waals surface area contributed by atoms with Crippen LogP contribution in [0.5, 0.6) is 5.88 Å². The smallest absolute Gasteiger partial charge is 0.283 e. The number of allylic oxidation sites excluding steroid dienone is 2. The Balaban J connectivity index is 1.52. The van der Waals surface area contributed by atoms with Crippen molar-refractivity contribution < 1.29 is 9.67 Å². The fourth-order valence-electron chi connectivity index (χ4n) is 5.78. The molecule has 2 aromatic heterocycles. The van der Waals surface area contributed by atoms with E-state index in [4.69, 9.17) is 0 Å². The van der Waals surface area contributed by atoms with Crippen LogP contribution in [0.4, 0.5) is 5.69 Å². The molecule has 0 amide bonds. The predicted octanol–water partition coefficient (Wildman–Crippen LogP) is 7.87. The lowest BCUT2D eigenvalue weighted by Crippen LogP contribution is -2.33. The van der Waals surface area contributed by atoms with E-state index in [0.717, 1.165) is 34.3 Å². The summed E-state index contributed by atoms with van der Waals surface area (Å²) in [7, 11) is 0. The largest absolute Gasteiger partial charge is 0.493 e. The monoisotopic (exact) mass is 615 g/mol. The summed E-state index contributed by atoms with van der Waals surface area (Å²) in [5, 5.41) is 14.0. The maximum atomic E-state index is 14.6. The van der Waals surface area contributed by atoms with Gasteiger partial charge in [-0.3, -0.25) is 4.79 Å². The number of rotatable bonds is 7. The molecule has 0 aliphatic carbocycles. The average molecular weight is 616 g/mol. The van der Waals surface area contributed by atoms with Gasteiger partial charge in [-0.2, -0.15) is 4.57 Å². The molecule has 0 atom stereocenters. The van der Waals surface area contributed by atoms with Crippen LogP contribution >= 0.6 is 23.1 Å². The highest BCUT2D eigenvalue weighted by Crippen LogP contribution is 2.47. The Hall–Kier alpha value is -4.79. The number of aromatic hydroxyl groups is 1. The Morgan fingerprint density at radius 3 is 2.16 bits per heavy atom. The second kappa shape index (κ2) is 11.7. The highest BCUT2D eigenvalue weighted by atomic mass is 32.2. The van der Waals surface area contributed by atoms with Crippen LogP contribution < -0.4 is 15.0 Å². The molecule has 0 saturated carbocycles. The molecule has 0 fully saturated rings. The lowest BCUT2D eigenvalue weighted by atomic mass is 10.1. The lowest BCUT2D eigenvalue weighted by molar-refractivity contribution is -0.665. The van der Waals surface area contributed by atoms with Crippen LogP contribution in [0.15, 0.2) is 130 Å². The standard InChI is InChI=1S/C36H30N4O2S2/c1-3-37-28-19-11-13-21-30(28)43-32(37)23-25(24-33-38(4-2)29-20-12-14-22-31(29)44-33)34-35(41)39(26-15-7-5-8-16-26)40(36(34)42)27-17-9-6-10-18-27/h5-24H,3-4H2,1-2H3/p+1/b32-23-. The summed E-state index contributed by atoms with van der Waals surface area (Å²) in [5.41, 5.74) is 4.24. The van der Waals surface area contributed by atoms with Crippen molar-refractivity contribution >= 4 is 50.7 Å². The van der Waals surface area contributed by atoms with Crippen LogP contribution in [0.3, 0.4) is 0 Å². The Bertz CT molecular complexity index is 2110. The number of fused-ring (bicyclic) bond motifs is 2. The van der Waals surface area contributed by atoms with Gasteiger partial charge in [0, 0.05) is 29.2 Å². The fraction of sp³-hybridized carbons (Fsp3) is 0.111. The molecule has 1 N–H and O–H groups in total. The van der Waals surface area contributed by atoms with Gasteiger partial charge in [-0.1, -0.05) is 83.8 Å². The molecule has 0 bridgehead atoms. The molecule has 4 aromatic carbocycles. The number of benzene rings is 4. The topological polar surface area (TPSA) is 54.3 Å². The van der Waals surface area contributed by atoms with E-state index in [1.165, 1.54) is 9.60 Å². The molecule has 0 saturated heterocycles. The summed E-state index contributed by atoms with van der Waals surface area (Å²) in [4.78, 5) is 18.0. The molecule has 0 spiro atoms. The minimum absolute atomic E-state index is 0.110. The van der Waals surface area contributed by atoms with Crippen molar-refractivity contribution in [1.29, 1.82) is 0 Å². The first kappa shape index (κ1) is 28.0. The summed E-state index contributed by atoms with van der Waals surface area (Å²) < 4.78 is 6.58. The summed E-state index contributed by atoms with van der Waals surface area (Å²) in [6, 6.07) is 35.7. The third-order valence-corrected chi connectivity index (χ3v) is 10.0. The van der Waals surface area contributed by atoms with Crippen LogP contribution in [0.2, 0.25) is 0 Å². The summed E-state index contributed by atoms with van der Waals surface area (Å²) in [6.45, 7) is 5.80. The molecule has 0 radical (unpaired) electrons. The van der Waals surface area contributed by atoms with Crippen molar-refractivity contribution in [3.8, 4) is 17.3 Å². The van der Waals surface area contributed by atoms with E-state index in [-0.39, 0.29) is 17.0 Å². The molecule has 7 rings (SSSR count). The van der Waals surface area contributed by atoms with E-state index in [9.17, 15) is 9.90 Å². The first-order valence-electron chi connectivity index (χ1n) is 14.7. The molecule has 44 heavy (non-hydrogen) atoms. The van der Waals surface area contributed by atoms with Gasteiger partial charge in [-0.15, -0.1) is 0 Å². The summed E-state index contributed by atoms with van der Waals surface area (Å²) in [5.74, 6) is -0.110. The molecule has 218 valence electrons. The van der Waals surface area contributed by atoms with Crippen LogP contribution in [-0.4, -0.2) is 21.0 Å². The van der Waals surface area contributed by atoms with E-state index in [1.807, 2.05) is 84.9 Å². The highest BCUT2D eigenvalue weighted by molar-refractivity contribution is 8.03. The number of anilines is 1. The maximum Gasteiger partial charge on any atom is 0.283 e. The van der Waals surface area contributed by atoms with Gasteiger partial charge in [0.15, 0.2) is 0 Å². The molecule has 6 nitrogen and oxygen atoms in total. The Morgan fingerprint density at radius 2 is 1.45 bits per heavy atom. The van der Waals surface area contributed by atoms with Crippen molar-refractivity contribution in [3.63, 3.8) is 0 Å². The molecular formula is C36H31N4O2S2+. The van der Waals surface area contributed by atoms with Gasteiger partial charge in [-0.25, -0.2) is 9.36 Å². The minimum Gasteiger partial charge on any atom is -0.493 e. The van der Waals surface area contributed by atoms with Crippen LogP contribution in [0.25, 0.3) is 33.2 Å². The first-order valence-corrected chi connectivity index (χ1v) is 16.3. The second-order valence-corrected chi connectivity index (χ2v) is 12.5. The number of thioether (sulfide) groups is 1. The molecular weight excluding hydrogens is 585 g/mol. The SMILES string of the molecule is CCN1/C(=C/C(=C\c2sc3ccccc3[n+]2CC)c2c(O)n(-c3ccccc3)n(-c3ccccc3)c2=O)Sc2ccccc21. The van der Waals surface area contributed by atoms with Gasteiger partial charge < -0.3 is 10.0 Å². The zero-order chi connectivity index (χ0) is 30.2. The highest BCUT2D eigenvalue weighted by Gasteiger charge is 2.29. The second-order valence-electron chi connectivity index (χ2n) is 10.3. The average Bonchev–Trinajstić information content (AvgIpc) is 3.68. The first-order chi connectivity index (χ1) is 21.6. The fourth-order valence-corrected chi connectivity index (χ4v) is 8.14. The van der Waals surface area contributed by atoms with Crippen molar-refractivity contribution in [2.75, 3.05) is 11.4 Å². The van der Waals surface area contributed by atoms with Gasteiger partial charge >= 0.3 is 0 Å². The van der Waals surface area contributed by atoms with Gasteiger partial charge in [0.25, 0.3) is 10.6 Å². The third-order valence-electron chi connectivity index (χ3n) is 7.78. The summed E-state index contributed by atoms with van der Waals surface area (Å²) >= 11 is 3.36. The van der Waals surface area contributed by atoms with Crippen LogP contribution in [-0.2, 0) is 6.54 Å². The number of aryl methyl sites for hydroxylation is 1. The quantitative estimate of drug-likeness (QED) is 0.186. The van der Waals surface area contributed by atoms with Crippen molar-refractivity contribution in [3.05, 3.63) is 141 Å². The van der Waals surface area contributed by atoms with E-state index >= 15 is 0 Å². The lowest BCUT2D eigenvalue weighted by Gasteiger charge is -2.18. The Kier molecular flexibility index (Phi) is 7.46. The number of nitrogens with zero attached hydrogens (tertiary/aromatic N) is 4. The van der Waals surface area contributed by atoms with Crippen molar-refractivity contribution in [1.82, 2.24) is 9.36 Å². The minimum atomic E-state index is -0.298. The normalized spacial score (nSPS) is 14.1. The molecule has 3 heterocycles. The number of hydrogen-bond donors (Lipinski definition) is 1.